The van der Waals surface area contributed by atoms with Crippen molar-refractivity contribution >= 4 is 22.5 Å². The van der Waals surface area contributed by atoms with Gasteiger partial charge in [-0.25, -0.2) is 0 Å². The number of anilines is 1. The van der Waals surface area contributed by atoms with Gasteiger partial charge in [0, 0.05) is 23.2 Å². The summed E-state index contributed by atoms with van der Waals surface area (Å²) in [5.74, 6) is -0.363. The lowest BCUT2D eigenvalue weighted by molar-refractivity contribution is -0.117. The van der Waals surface area contributed by atoms with Gasteiger partial charge in [-0.05, 0) is 48.4 Å². The minimum atomic E-state index is -0.294. The third-order valence-corrected chi connectivity index (χ3v) is 5.24. The number of aromatic nitrogens is 2. The van der Waals surface area contributed by atoms with Crippen molar-refractivity contribution in [2.24, 2.45) is 11.5 Å². The summed E-state index contributed by atoms with van der Waals surface area (Å²) >= 11 is 0. The van der Waals surface area contributed by atoms with Crippen molar-refractivity contribution in [3.8, 4) is 11.3 Å². The second kappa shape index (κ2) is 8.90. The van der Waals surface area contributed by atoms with Crippen LogP contribution < -0.4 is 16.8 Å². The van der Waals surface area contributed by atoms with E-state index in [1.807, 2.05) is 72.8 Å². The summed E-state index contributed by atoms with van der Waals surface area (Å²) in [6.07, 6.45) is 0.584. The van der Waals surface area contributed by atoms with Crippen LogP contribution in [0.2, 0.25) is 0 Å². The van der Waals surface area contributed by atoms with Gasteiger partial charge < -0.3 is 16.8 Å². The van der Waals surface area contributed by atoms with Crippen LogP contribution in [0, 0.1) is 0 Å². The van der Waals surface area contributed by atoms with E-state index in [-0.39, 0.29) is 11.8 Å². The highest BCUT2D eigenvalue weighted by Gasteiger charge is 2.20. The second-order valence-electron chi connectivity index (χ2n) is 7.27. The van der Waals surface area contributed by atoms with Crippen molar-refractivity contribution in [3.63, 3.8) is 0 Å². The molecule has 0 fully saturated rings. The molecule has 30 heavy (non-hydrogen) atoms. The molecule has 1 atom stereocenters. The van der Waals surface area contributed by atoms with Crippen LogP contribution >= 0.6 is 0 Å². The molecule has 1 amide bonds. The molecular formula is C24H25N5O. The number of nitrogens with one attached hydrogen (secondary N) is 2. The van der Waals surface area contributed by atoms with Crippen molar-refractivity contribution < 1.29 is 4.79 Å². The largest absolute Gasteiger partial charge is 0.330 e. The average molecular weight is 399 g/mol. The van der Waals surface area contributed by atoms with Gasteiger partial charge in [0.1, 0.15) is 0 Å². The lowest BCUT2D eigenvalue weighted by atomic mass is 9.94. The fourth-order valence-corrected chi connectivity index (χ4v) is 3.69. The molecule has 1 unspecified atom stereocenters. The zero-order chi connectivity index (χ0) is 20.9. The van der Waals surface area contributed by atoms with E-state index in [0.29, 0.717) is 19.5 Å². The maximum atomic E-state index is 13.0. The third kappa shape index (κ3) is 4.10. The first-order valence-electron chi connectivity index (χ1n) is 10.0. The molecule has 1 heterocycles. The Hall–Kier alpha value is -3.48. The van der Waals surface area contributed by atoms with Gasteiger partial charge in [0.15, 0.2) is 0 Å². The molecule has 4 rings (SSSR count). The molecule has 1 aromatic heterocycles. The van der Waals surface area contributed by atoms with Crippen LogP contribution in [0.15, 0.2) is 72.8 Å². The summed E-state index contributed by atoms with van der Waals surface area (Å²) < 4.78 is 0. The topological polar surface area (TPSA) is 110 Å². The highest BCUT2D eigenvalue weighted by Crippen LogP contribution is 2.30. The van der Waals surface area contributed by atoms with Gasteiger partial charge in [0.05, 0.1) is 17.1 Å². The summed E-state index contributed by atoms with van der Waals surface area (Å²) in [6, 6.07) is 23.5. The average Bonchev–Trinajstić information content (AvgIpc) is 3.21. The van der Waals surface area contributed by atoms with E-state index in [1.54, 1.807) is 0 Å². The summed E-state index contributed by atoms with van der Waals surface area (Å²) in [6.45, 7) is 0.912. The SMILES string of the molecule is NCCC(C(=O)Nc1ccc2[nH]nc(-c3cccc(CN)c3)c2c1)c1ccccc1. The number of amides is 1. The number of benzene rings is 3. The van der Waals surface area contributed by atoms with Gasteiger partial charge in [-0.2, -0.15) is 5.10 Å². The van der Waals surface area contributed by atoms with E-state index in [2.05, 4.69) is 15.5 Å². The molecule has 6 nitrogen and oxygen atoms in total. The van der Waals surface area contributed by atoms with Crippen LogP contribution in [0.25, 0.3) is 22.2 Å². The Morgan fingerprint density at radius 1 is 1.00 bits per heavy atom. The summed E-state index contributed by atoms with van der Waals surface area (Å²) in [5, 5.41) is 11.5. The molecule has 0 saturated heterocycles. The predicted octanol–water partition coefficient (Wildman–Crippen LogP) is 3.76. The first-order chi connectivity index (χ1) is 14.7. The molecule has 0 bridgehead atoms. The van der Waals surface area contributed by atoms with Crippen LogP contribution in [-0.4, -0.2) is 22.6 Å². The Bertz CT molecular complexity index is 1150. The number of hydrogen-bond donors (Lipinski definition) is 4. The van der Waals surface area contributed by atoms with E-state index < -0.39 is 0 Å². The van der Waals surface area contributed by atoms with Crippen LogP contribution in [-0.2, 0) is 11.3 Å². The maximum absolute atomic E-state index is 13.0. The minimum Gasteiger partial charge on any atom is -0.330 e. The standard InChI is InChI=1S/C24H25N5O/c25-12-11-20(17-6-2-1-3-7-17)24(30)27-19-9-10-22-21(14-19)23(29-28-22)18-8-4-5-16(13-18)15-26/h1-10,13-14,20H,11-12,15,25-26H2,(H,27,30)(H,28,29). The normalized spacial score (nSPS) is 12.1. The molecule has 0 spiro atoms. The van der Waals surface area contributed by atoms with Crippen molar-refractivity contribution in [2.45, 2.75) is 18.9 Å². The summed E-state index contributed by atoms with van der Waals surface area (Å²) in [5.41, 5.74) is 17.0. The van der Waals surface area contributed by atoms with Crippen LogP contribution in [0.3, 0.4) is 0 Å². The number of nitrogens with two attached hydrogens (primary N) is 2. The zero-order valence-corrected chi connectivity index (χ0v) is 16.6. The molecule has 6 N–H and O–H groups in total. The molecule has 152 valence electrons. The molecular weight excluding hydrogens is 374 g/mol. The van der Waals surface area contributed by atoms with Gasteiger partial charge >= 0.3 is 0 Å². The predicted molar refractivity (Wildman–Crippen MR) is 121 cm³/mol. The molecule has 6 heteroatoms. The van der Waals surface area contributed by atoms with Crippen molar-refractivity contribution in [3.05, 3.63) is 83.9 Å². The third-order valence-electron chi connectivity index (χ3n) is 5.24. The zero-order valence-electron chi connectivity index (χ0n) is 16.6. The highest BCUT2D eigenvalue weighted by atomic mass is 16.1. The van der Waals surface area contributed by atoms with E-state index in [1.165, 1.54) is 0 Å². The van der Waals surface area contributed by atoms with Gasteiger partial charge in [-0.3, -0.25) is 9.89 Å². The maximum Gasteiger partial charge on any atom is 0.231 e. The number of H-pyrrole nitrogens is 1. The lowest BCUT2D eigenvalue weighted by Crippen LogP contribution is -2.23. The van der Waals surface area contributed by atoms with Gasteiger partial charge in [0.2, 0.25) is 5.91 Å². The Morgan fingerprint density at radius 3 is 2.60 bits per heavy atom. The number of hydrogen-bond acceptors (Lipinski definition) is 4. The van der Waals surface area contributed by atoms with Gasteiger partial charge in [-0.1, -0.05) is 48.5 Å². The molecule has 0 aliphatic rings. The highest BCUT2D eigenvalue weighted by molar-refractivity contribution is 6.00. The number of rotatable bonds is 7. The smallest absolute Gasteiger partial charge is 0.231 e. The second-order valence-corrected chi connectivity index (χ2v) is 7.27. The molecule has 0 radical (unpaired) electrons. The molecule has 0 aliphatic heterocycles. The minimum absolute atomic E-state index is 0.0684. The fourth-order valence-electron chi connectivity index (χ4n) is 3.69. The quantitative estimate of drug-likeness (QED) is 0.379. The van der Waals surface area contributed by atoms with Crippen LogP contribution in [0.1, 0.15) is 23.5 Å². The number of fused-ring (bicyclic) bond motifs is 1. The number of carbonyl (C=O) groups is 1. The number of nitrogens with zero attached hydrogens (tertiary/aromatic N) is 1. The first kappa shape index (κ1) is 19.8. The van der Waals surface area contributed by atoms with Crippen molar-refractivity contribution in [1.29, 1.82) is 0 Å². The Kier molecular flexibility index (Phi) is 5.88. The van der Waals surface area contributed by atoms with E-state index in [0.717, 1.165) is 39.0 Å². The molecule has 4 aromatic rings. The van der Waals surface area contributed by atoms with Gasteiger partial charge in [-0.15, -0.1) is 0 Å². The Labute approximate surface area is 175 Å². The van der Waals surface area contributed by atoms with E-state index in [9.17, 15) is 4.79 Å². The Morgan fingerprint density at radius 2 is 1.83 bits per heavy atom. The first-order valence-corrected chi connectivity index (χ1v) is 10.0. The number of aromatic amines is 1. The summed E-state index contributed by atoms with van der Waals surface area (Å²) in [4.78, 5) is 13.0. The monoisotopic (exact) mass is 399 g/mol. The van der Waals surface area contributed by atoms with Gasteiger partial charge in [0.25, 0.3) is 0 Å². The van der Waals surface area contributed by atoms with Crippen molar-refractivity contribution in [2.75, 3.05) is 11.9 Å². The molecule has 3 aromatic carbocycles. The summed E-state index contributed by atoms with van der Waals surface area (Å²) in [7, 11) is 0. The lowest BCUT2D eigenvalue weighted by Gasteiger charge is -2.16. The molecule has 0 saturated carbocycles. The Balaban J connectivity index is 1.64. The van der Waals surface area contributed by atoms with Crippen LogP contribution in [0.5, 0.6) is 0 Å². The molecule has 0 aliphatic carbocycles. The fraction of sp³-hybridized carbons (Fsp3) is 0.167. The van der Waals surface area contributed by atoms with E-state index >= 15 is 0 Å². The van der Waals surface area contributed by atoms with E-state index in [4.69, 9.17) is 11.5 Å². The van der Waals surface area contributed by atoms with Crippen LogP contribution in [0.4, 0.5) is 5.69 Å². The van der Waals surface area contributed by atoms with Crippen molar-refractivity contribution in [1.82, 2.24) is 10.2 Å². The number of carbonyl (C=O) groups excluding carboxylic acids is 1.